The quantitative estimate of drug-likeness (QED) is 0.918. The lowest BCUT2D eigenvalue weighted by molar-refractivity contribution is 0.406. The number of furan rings is 1. The molecule has 0 radical (unpaired) electrons. The van der Waals surface area contributed by atoms with Crippen LogP contribution in [0.4, 0.5) is 0 Å². The van der Waals surface area contributed by atoms with Gasteiger partial charge in [-0.05, 0) is 48.7 Å². The van der Waals surface area contributed by atoms with E-state index in [9.17, 15) is 8.42 Å². The molecule has 0 aliphatic rings. The second-order valence-electron chi connectivity index (χ2n) is 5.09. The van der Waals surface area contributed by atoms with Gasteiger partial charge in [0.2, 0.25) is 10.0 Å². The highest BCUT2D eigenvalue weighted by atomic mass is 32.2. The maximum absolute atomic E-state index is 12.7. The molecule has 2 N–H and O–H groups in total. The molecule has 0 aliphatic carbocycles. The predicted molar refractivity (Wildman–Crippen MR) is 81.2 cm³/mol. The number of hydrogen-bond donors (Lipinski definition) is 1. The van der Waals surface area contributed by atoms with Gasteiger partial charge in [0.15, 0.2) is 0 Å². The first kappa shape index (κ1) is 15.8. The molecule has 1 heterocycles. The molecule has 1 aromatic heterocycles. The van der Waals surface area contributed by atoms with Crippen LogP contribution >= 0.6 is 0 Å². The molecule has 21 heavy (non-hydrogen) atoms. The van der Waals surface area contributed by atoms with E-state index in [-0.39, 0.29) is 6.54 Å². The van der Waals surface area contributed by atoms with E-state index in [2.05, 4.69) is 0 Å². The van der Waals surface area contributed by atoms with E-state index >= 15 is 0 Å². The molecule has 5 nitrogen and oxygen atoms in total. The third-order valence-corrected chi connectivity index (χ3v) is 5.45. The highest BCUT2D eigenvalue weighted by Gasteiger charge is 2.24. The monoisotopic (exact) mass is 308 g/mol. The summed E-state index contributed by atoms with van der Waals surface area (Å²) in [4.78, 5) is 0.294. The maximum atomic E-state index is 12.7. The smallest absolute Gasteiger partial charge is 0.243 e. The van der Waals surface area contributed by atoms with Gasteiger partial charge in [0, 0.05) is 13.6 Å². The Morgan fingerprint density at radius 1 is 1.24 bits per heavy atom. The van der Waals surface area contributed by atoms with Gasteiger partial charge in [-0.1, -0.05) is 6.07 Å². The Labute approximate surface area is 125 Å². The first-order valence-corrected chi connectivity index (χ1v) is 8.09. The SMILES string of the molecule is Cc1cc(C)c(S(=O)(=O)N(C)Cc2ccco2)cc1CN. The van der Waals surface area contributed by atoms with Crippen LogP contribution in [0.15, 0.2) is 39.8 Å². The molecule has 0 amide bonds. The molecule has 0 saturated heterocycles. The number of hydrogen-bond acceptors (Lipinski definition) is 4. The second-order valence-corrected chi connectivity index (χ2v) is 7.10. The van der Waals surface area contributed by atoms with Crippen LogP contribution in [0.1, 0.15) is 22.5 Å². The van der Waals surface area contributed by atoms with Gasteiger partial charge in [-0.2, -0.15) is 4.31 Å². The van der Waals surface area contributed by atoms with Gasteiger partial charge >= 0.3 is 0 Å². The fourth-order valence-corrected chi connectivity index (χ4v) is 3.64. The van der Waals surface area contributed by atoms with Crippen molar-refractivity contribution in [3.63, 3.8) is 0 Å². The molecule has 0 spiro atoms. The fraction of sp³-hybridized carbons (Fsp3) is 0.333. The van der Waals surface area contributed by atoms with Crippen molar-refractivity contribution < 1.29 is 12.8 Å². The number of nitrogens with two attached hydrogens (primary N) is 1. The van der Waals surface area contributed by atoms with Crippen LogP contribution in [-0.4, -0.2) is 19.8 Å². The number of nitrogens with zero attached hydrogens (tertiary/aromatic N) is 1. The van der Waals surface area contributed by atoms with Crippen molar-refractivity contribution in [3.8, 4) is 0 Å². The van der Waals surface area contributed by atoms with Crippen molar-refractivity contribution in [3.05, 3.63) is 53.0 Å². The van der Waals surface area contributed by atoms with E-state index in [1.807, 2.05) is 13.0 Å². The summed E-state index contributed by atoms with van der Waals surface area (Å²) in [5.74, 6) is 0.602. The predicted octanol–water partition coefficient (Wildman–Crippen LogP) is 2.18. The molecular weight excluding hydrogens is 288 g/mol. The lowest BCUT2D eigenvalue weighted by Gasteiger charge is -2.19. The zero-order valence-corrected chi connectivity index (χ0v) is 13.3. The Morgan fingerprint density at radius 3 is 2.52 bits per heavy atom. The highest BCUT2D eigenvalue weighted by Crippen LogP contribution is 2.24. The highest BCUT2D eigenvalue weighted by molar-refractivity contribution is 7.89. The van der Waals surface area contributed by atoms with Crippen LogP contribution in [0.2, 0.25) is 0 Å². The molecule has 0 atom stereocenters. The van der Waals surface area contributed by atoms with Gasteiger partial charge in [-0.25, -0.2) is 8.42 Å². The van der Waals surface area contributed by atoms with Gasteiger partial charge in [-0.15, -0.1) is 0 Å². The third-order valence-electron chi connectivity index (χ3n) is 3.50. The zero-order chi connectivity index (χ0) is 15.6. The second kappa shape index (κ2) is 6.01. The zero-order valence-electron chi connectivity index (χ0n) is 12.5. The Balaban J connectivity index is 2.39. The fourth-order valence-electron chi connectivity index (χ4n) is 2.25. The minimum Gasteiger partial charge on any atom is -0.468 e. The molecule has 2 aromatic rings. The molecule has 0 saturated carbocycles. The van der Waals surface area contributed by atoms with E-state index in [0.717, 1.165) is 16.7 Å². The number of aryl methyl sites for hydroxylation is 2. The summed E-state index contributed by atoms with van der Waals surface area (Å²) >= 11 is 0. The standard InChI is InChI=1S/C15H20N2O3S/c1-11-7-12(2)15(8-13(11)9-16)21(18,19)17(3)10-14-5-4-6-20-14/h4-8H,9-10,16H2,1-3H3. The first-order valence-electron chi connectivity index (χ1n) is 6.65. The summed E-state index contributed by atoms with van der Waals surface area (Å²) in [6.07, 6.45) is 1.53. The molecule has 0 aliphatic heterocycles. The van der Waals surface area contributed by atoms with Crippen LogP contribution in [0.25, 0.3) is 0 Å². The average Bonchev–Trinajstić information content (AvgIpc) is 2.91. The van der Waals surface area contributed by atoms with Crippen molar-refractivity contribution in [1.82, 2.24) is 4.31 Å². The van der Waals surface area contributed by atoms with Gasteiger partial charge in [0.05, 0.1) is 17.7 Å². The third kappa shape index (κ3) is 3.18. The first-order chi connectivity index (χ1) is 9.86. The van der Waals surface area contributed by atoms with Crippen LogP contribution < -0.4 is 5.73 Å². The molecule has 0 bridgehead atoms. The van der Waals surface area contributed by atoms with Crippen molar-refractivity contribution in [1.29, 1.82) is 0 Å². The molecule has 114 valence electrons. The topological polar surface area (TPSA) is 76.5 Å². The number of sulfonamides is 1. The summed E-state index contributed by atoms with van der Waals surface area (Å²) in [6.45, 7) is 4.23. The van der Waals surface area contributed by atoms with Crippen molar-refractivity contribution >= 4 is 10.0 Å². The Hall–Kier alpha value is -1.63. The van der Waals surface area contributed by atoms with Gasteiger partial charge in [0.25, 0.3) is 0 Å². The van der Waals surface area contributed by atoms with E-state index in [1.54, 1.807) is 32.2 Å². The van der Waals surface area contributed by atoms with E-state index in [1.165, 1.54) is 10.6 Å². The summed E-state index contributed by atoms with van der Waals surface area (Å²) in [7, 11) is -2.04. The summed E-state index contributed by atoms with van der Waals surface area (Å²) in [5, 5.41) is 0. The van der Waals surface area contributed by atoms with Gasteiger partial charge in [-0.3, -0.25) is 0 Å². The minimum atomic E-state index is -3.58. The average molecular weight is 308 g/mol. The molecule has 0 fully saturated rings. The van der Waals surface area contributed by atoms with Crippen LogP contribution in [-0.2, 0) is 23.1 Å². The van der Waals surface area contributed by atoms with Gasteiger partial charge < -0.3 is 10.2 Å². The lowest BCUT2D eigenvalue weighted by Crippen LogP contribution is -2.27. The minimum absolute atomic E-state index is 0.195. The lowest BCUT2D eigenvalue weighted by atomic mass is 10.1. The Bertz CT molecular complexity index is 722. The number of rotatable bonds is 5. The Kier molecular flexibility index (Phi) is 4.51. The van der Waals surface area contributed by atoms with E-state index in [4.69, 9.17) is 10.2 Å². The van der Waals surface area contributed by atoms with Crippen LogP contribution in [0.5, 0.6) is 0 Å². The molecule has 2 rings (SSSR count). The summed E-state index contributed by atoms with van der Waals surface area (Å²) in [5.41, 5.74) is 8.23. The van der Waals surface area contributed by atoms with E-state index in [0.29, 0.717) is 17.2 Å². The normalized spacial score (nSPS) is 12.0. The molecular formula is C15H20N2O3S. The largest absolute Gasteiger partial charge is 0.468 e. The van der Waals surface area contributed by atoms with Crippen molar-refractivity contribution in [2.24, 2.45) is 5.73 Å². The summed E-state index contributed by atoms with van der Waals surface area (Å²) < 4.78 is 31.9. The van der Waals surface area contributed by atoms with Gasteiger partial charge in [0.1, 0.15) is 5.76 Å². The molecule has 6 heteroatoms. The maximum Gasteiger partial charge on any atom is 0.243 e. The summed E-state index contributed by atoms with van der Waals surface area (Å²) in [6, 6.07) is 7.01. The molecule has 1 aromatic carbocycles. The van der Waals surface area contributed by atoms with Crippen LogP contribution in [0, 0.1) is 13.8 Å². The Morgan fingerprint density at radius 2 is 1.95 bits per heavy atom. The number of benzene rings is 1. The van der Waals surface area contributed by atoms with Crippen molar-refractivity contribution in [2.75, 3.05) is 7.05 Å². The van der Waals surface area contributed by atoms with E-state index < -0.39 is 10.0 Å². The van der Waals surface area contributed by atoms with Crippen molar-refractivity contribution in [2.45, 2.75) is 31.8 Å². The van der Waals surface area contributed by atoms with Crippen LogP contribution in [0.3, 0.4) is 0 Å². The molecule has 0 unspecified atom stereocenters.